The van der Waals surface area contributed by atoms with E-state index in [-0.39, 0.29) is 27.8 Å². The van der Waals surface area contributed by atoms with Crippen molar-refractivity contribution in [1.82, 2.24) is 4.90 Å². The number of carbonyl (C=O) groups is 4. The summed E-state index contributed by atoms with van der Waals surface area (Å²) in [7, 11) is 0. The van der Waals surface area contributed by atoms with Gasteiger partial charge in [-0.15, -0.1) is 0 Å². The molecule has 0 bridgehead atoms. The van der Waals surface area contributed by atoms with Crippen LogP contribution in [0.4, 0.5) is 10.5 Å². The first kappa shape index (κ1) is 27.7. The number of amides is 3. The minimum atomic E-state index is -0.624. The Labute approximate surface area is 238 Å². The maximum absolute atomic E-state index is 12.9. The predicted octanol–water partition coefficient (Wildman–Crippen LogP) is 5.80. The van der Waals surface area contributed by atoms with Crippen LogP contribution >= 0.6 is 68.5 Å². The zero-order chi connectivity index (χ0) is 25.7. The summed E-state index contributed by atoms with van der Waals surface area (Å²) in [6, 6.07) is 8.13. The Hall–Kier alpha value is -1.84. The fourth-order valence-corrected chi connectivity index (χ4v) is 6.14. The number of benzene rings is 2. The highest BCUT2D eigenvalue weighted by Crippen LogP contribution is 2.36. The third-order valence-corrected chi connectivity index (χ3v) is 7.19. The zero-order valence-corrected chi connectivity index (χ0v) is 24.4. The molecule has 12 heteroatoms. The van der Waals surface area contributed by atoms with Crippen LogP contribution in [0.1, 0.15) is 29.8 Å². The lowest BCUT2D eigenvalue weighted by molar-refractivity contribution is -0.127. The molecule has 1 saturated heterocycles. The number of anilines is 1. The van der Waals surface area contributed by atoms with Gasteiger partial charge in [0.05, 0.1) is 32.3 Å². The zero-order valence-electron chi connectivity index (χ0n) is 18.5. The molecule has 1 aliphatic rings. The van der Waals surface area contributed by atoms with E-state index in [1.54, 1.807) is 13.0 Å². The van der Waals surface area contributed by atoms with Crippen molar-refractivity contribution in [2.45, 2.75) is 13.8 Å². The van der Waals surface area contributed by atoms with Crippen molar-refractivity contribution < 1.29 is 28.7 Å². The molecule has 1 aliphatic heterocycles. The summed E-state index contributed by atoms with van der Waals surface area (Å²) < 4.78 is 12.5. The van der Waals surface area contributed by atoms with Crippen molar-refractivity contribution in [3.8, 4) is 5.75 Å². The Balaban J connectivity index is 1.76. The lowest BCUT2D eigenvalue weighted by Crippen LogP contribution is -2.36. The smallest absolute Gasteiger partial charge is 0.339 e. The third kappa shape index (κ3) is 6.89. The lowest BCUT2D eigenvalue weighted by Gasteiger charge is -2.13. The molecule has 1 heterocycles. The van der Waals surface area contributed by atoms with E-state index < -0.39 is 29.6 Å². The molecule has 0 atom stereocenters. The van der Waals surface area contributed by atoms with Gasteiger partial charge in [-0.25, -0.2) is 4.79 Å². The van der Waals surface area contributed by atoms with E-state index in [1.165, 1.54) is 18.2 Å². The van der Waals surface area contributed by atoms with Gasteiger partial charge in [0.1, 0.15) is 12.3 Å². The number of ether oxygens (including phenoxy) is 2. The second-order valence-electron chi connectivity index (χ2n) is 6.97. The van der Waals surface area contributed by atoms with E-state index in [2.05, 4.69) is 50.5 Å². The van der Waals surface area contributed by atoms with Gasteiger partial charge in [-0.3, -0.25) is 19.3 Å². The first-order chi connectivity index (χ1) is 16.6. The van der Waals surface area contributed by atoms with Crippen molar-refractivity contribution in [2.75, 3.05) is 25.1 Å². The van der Waals surface area contributed by atoms with Crippen LogP contribution < -0.4 is 10.1 Å². The van der Waals surface area contributed by atoms with Crippen LogP contribution in [0.3, 0.4) is 0 Å². The number of thioether (sulfide) groups is 1. The van der Waals surface area contributed by atoms with Gasteiger partial charge in [-0.05, 0) is 107 Å². The molecule has 2 aromatic carbocycles. The van der Waals surface area contributed by atoms with Gasteiger partial charge in [0.15, 0.2) is 0 Å². The monoisotopic (exact) mass is 740 g/mol. The minimum Gasteiger partial charge on any atom is -0.492 e. The standard InChI is InChI=1S/C23H19ClI2N2O6S/c1-3-33-20-12(7-13(25)9-17(20)26)8-18-21(30)28(23(32)35-18)11-19(29)27-14-5-6-16(24)15(10-14)22(31)34-4-2/h5-10H,3-4,11H2,1-2H3,(H,27,29)/b18-8+. The molecule has 8 nitrogen and oxygen atoms in total. The van der Waals surface area contributed by atoms with Crippen LogP contribution in [0.25, 0.3) is 6.08 Å². The molecule has 0 spiro atoms. The Morgan fingerprint density at radius 2 is 1.89 bits per heavy atom. The van der Waals surface area contributed by atoms with Gasteiger partial charge in [0.2, 0.25) is 5.91 Å². The van der Waals surface area contributed by atoms with Gasteiger partial charge in [-0.1, -0.05) is 11.6 Å². The minimum absolute atomic E-state index is 0.0950. The van der Waals surface area contributed by atoms with E-state index in [4.69, 9.17) is 21.1 Å². The third-order valence-electron chi connectivity index (χ3n) is 4.53. The first-order valence-corrected chi connectivity index (χ1v) is 13.6. The molecule has 35 heavy (non-hydrogen) atoms. The molecule has 0 aliphatic carbocycles. The van der Waals surface area contributed by atoms with Gasteiger partial charge < -0.3 is 14.8 Å². The van der Waals surface area contributed by atoms with Crippen LogP contribution in [0.2, 0.25) is 5.02 Å². The number of imide groups is 1. The number of hydrogen-bond donors (Lipinski definition) is 1. The number of carbonyl (C=O) groups excluding carboxylic acids is 4. The summed E-state index contributed by atoms with van der Waals surface area (Å²) >= 11 is 11.1. The Morgan fingerprint density at radius 1 is 1.14 bits per heavy atom. The summed E-state index contributed by atoms with van der Waals surface area (Å²) in [5.74, 6) is -1.18. The fraction of sp³-hybridized carbons (Fsp3) is 0.217. The maximum Gasteiger partial charge on any atom is 0.339 e. The topological polar surface area (TPSA) is 102 Å². The number of nitrogens with one attached hydrogen (secondary N) is 1. The van der Waals surface area contributed by atoms with Gasteiger partial charge in [-0.2, -0.15) is 0 Å². The molecule has 0 saturated carbocycles. The molecule has 0 aromatic heterocycles. The summed E-state index contributed by atoms with van der Waals surface area (Å²) in [5, 5.41) is 2.20. The average molecular weight is 741 g/mol. The molecule has 0 radical (unpaired) electrons. The maximum atomic E-state index is 12.9. The van der Waals surface area contributed by atoms with Crippen LogP contribution in [0.5, 0.6) is 5.75 Å². The van der Waals surface area contributed by atoms with Crippen LogP contribution in [-0.2, 0) is 14.3 Å². The molecular formula is C23H19ClI2N2O6S. The van der Waals surface area contributed by atoms with Crippen molar-refractivity contribution in [3.05, 3.63) is 58.5 Å². The van der Waals surface area contributed by atoms with E-state index in [9.17, 15) is 19.2 Å². The molecule has 1 N–H and O–H groups in total. The van der Waals surface area contributed by atoms with Crippen molar-refractivity contribution in [2.24, 2.45) is 0 Å². The highest BCUT2D eigenvalue weighted by molar-refractivity contribution is 14.1. The number of rotatable bonds is 8. The Morgan fingerprint density at radius 3 is 2.57 bits per heavy atom. The highest BCUT2D eigenvalue weighted by Gasteiger charge is 2.36. The average Bonchev–Trinajstić information content (AvgIpc) is 3.04. The van der Waals surface area contributed by atoms with Crippen LogP contribution in [-0.4, -0.2) is 47.7 Å². The predicted molar refractivity (Wildman–Crippen MR) is 152 cm³/mol. The van der Waals surface area contributed by atoms with E-state index in [0.717, 1.165) is 23.8 Å². The lowest BCUT2D eigenvalue weighted by atomic mass is 10.2. The fourth-order valence-electron chi connectivity index (χ4n) is 3.07. The molecule has 184 valence electrons. The summed E-state index contributed by atoms with van der Waals surface area (Å²) in [6.07, 6.45) is 1.60. The van der Waals surface area contributed by atoms with Gasteiger partial charge in [0.25, 0.3) is 11.1 Å². The second-order valence-corrected chi connectivity index (χ2v) is 10.8. The quantitative estimate of drug-likeness (QED) is 0.208. The normalized spacial score (nSPS) is 14.4. The SMILES string of the molecule is CCOC(=O)c1cc(NC(=O)CN2C(=O)S/C(=C/c3cc(I)cc(I)c3OCC)C2=O)ccc1Cl. The van der Waals surface area contributed by atoms with Crippen molar-refractivity contribution >= 4 is 103 Å². The molecule has 1 fully saturated rings. The molecular weight excluding hydrogens is 722 g/mol. The highest BCUT2D eigenvalue weighted by atomic mass is 127. The largest absolute Gasteiger partial charge is 0.492 e. The van der Waals surface area contributed by atoms with Gasteiger partial charge >= 0.3 is 5.97 Å². The molecule has 0 unspecified atom stereocenters. The van der Waals surface area contributed by atoms with Crippen LogP contribution in [0, 0.1) is 7.14 Å². The van der Waals surface area contributed by atoms with Crippen molar-refractivity contribution in [1.29, 1.82) is 0 Å². The Kier molecular flexibility index (Phi) is 9.84. The molecule has 3 amide bonds. The van der Waals surface area contributed by atoms with E-state index in [0.29, 0.717) is 17.9 Å². The van der Waals surface area contributed by atoms with E-state index >= 15 is 0 Å². The number of hydrogen-bond acceptors (Lipinski definition) is 7. The second kappa shape index (κ2) is 12.4. The molecule has 2 aromatic rings. The van der Waals surface area contributed by atoms with E-state index in [1.807, 2.05) is 19.1 Å². The Bertz CT molecular complexity index is 1240. The number of halogens is 3. The van der Waals surface area contributed by atoms with Crippen LogP contribution in [0.15, 0.2) is 35.2 Å². The number of nitrogens with zero attached hydrogens (tertiary/aromatic N) is 1. The molecule has 3 rings (SSSR count). The number of esters is 1. The summed E-state index contributed by atoms with van der Waals surface area (Å²) in [5.41, 5.74) is 1.04. The van der Waals surface area contributed by atoms with Gasteiger partial charge in [0, 0.05) is 14.8 Å². The summed E-state index contributed by atoms with van der Waals surface area (Å²) in [6.45, 7) is 3.66. The van der Waals surface area contributed by atoms with Crippen molar-refractivity contribution in [3.63, 3.8) is 0 Å². The summed E-state index contributed by atoms with van der Waals surface area (Å²) in [4.78, 5) is 51.1. The first-order valence-electron chi connectivity index (χ1n) is 10.3.